The molecule has 1 fully saturated rings. The Balaban J connectivity index is 1.31. The third-order valence-electron chi connectivity index (χ3n) is 5.76. The van der Waals surface area contributed by atoms with Crippen molar-refractivity contribution in [1.29, 1.82) is 0 Å². The first-order valence-corrected chi connectivity index (χ1v) is 11.2. The molecular weight excluding hydrogens is 424 g/mol. The molecule has 1 unspecified atom stereocenters. The molecule has 2 aromatic carbocycles. The van der Waals surface area contributed by atoms with Gasteiger partial charge < -0.3 is 4.90 Å². The van der Waals surface area contributed by atoms with Gasteiger partial charge in [0.05, 0.1) is 6.54 Å². The summed E-state index contributed by atoms with van der Waals surface area (Å²) in [5.74, 6) is 0.146. The van der Waals surface area contributed by atoms with E-state index in [4.69, 9.17) is 11.6 Å². The monoisotopic (exact) mass is 450 g/mol. The average molecular weight is 451 g/mol. The molecule has 4 rings (SSSR count). The van der Waals surface area contributed by atoms with Crippen LogP contribution in [0.5, 0.6) is 0 Å². The van der Waals surface area contributed by atoms with Gasteiger partial charge in [0.25, 0.3) is 0 Å². The first-order chi connectivity index (χ1) is 15.7. The molecule has 0 aliphatic carbocycles. The Morgan fingerprint density at radius 2 is 1.78 bits per heavy atom. The van der Waals surface area contributed by atoms with E-state index in [1.165, 1.54) is 5.56 Å². The minimum absolute atomic E-state index is 0.0184. The first kappa shape index (κ1) is 22.2. The van der Waals surface area contributed by atoms with Crippen molar-refractivity contribution < 1.29 is 4.79 Å². The summed E-state index contributed by atoms with van der Waals surface area (Å²) >= 11 is 6.05. The van der Waals surface area contributed by atoms with Gasteiger partial charge in [-0.2, -0.15) is 0 Å². The molecule has 0 saturated carbocycles. The lowest BCUT2D eigenvalue weighted by Gasteiger charge is -2.35. The van der Waals surface area contributed by atoms with Crippen molar-refractivity contribution in [2.75, 3.05) is 32.7 Å². The Morgan fingerprint density at radius 1 is 1.03 bits per heavy atom. The third kappa shape index (κ3) is 6.24. The molecule has 166 valence electrons. The lowest BCUT2D eigenvalue weighted by atomic mass is 9.95. The summed E-state index contributed by atoms with van der Waals surface area (Å²) in [5.41, 5.74) is 2.26. The number of carbonyl (C=O) groups excluding carboxylic acids is 1. The highest BCUT2D eigenvalue weighted by molar-refractivity contribution is 6.30. The van der Waals surface area contributed by atoms with E-state index in [0.29, 0.717) is 18.0 Å². The second kappa shape index (κ2) is 11.0. The molecule has 1 aromatic heterocycles. The van der Waals surface area contributed by atoms with Gasteiger partial charge in [0.1, 0.15) is 6.33 Å². The van der Waals surface area contributed by atoms with Crippen LogP contribution in [0.25, 0.3) is 6.08 Å². The smallest absolute Gasteiger partial charge is 0.223 e. The highest BCUT2D eigenvalue weighted by atomic mass is 35.5. The second-order valence-corrected chi connectivity index (χ2v) is 8.42. The maximum absolute atomic E-state index is 13.1. The molecule has 1 aliphatic heterocycles. The molecule has 7 nitrogen and oxygen atoms in total. The molecule has 3 aromatic rings. The van der Waals surface area contributed by atoms with Crippen molar-refractivity contribution >= 4 is 23.6 Å². The second-order valence-electron chi connectivity index (χ2n) is 7.98. The van der Waals surface area contributed by atoms with E-state index in [0.717, 1.165) is 38.3 Å². The summed E-state index contributed by atoms with van der Waals surface area (Å²) in [6, 6.07) is 18.0. The Kier molecular flexibility index (Phi) is 7.64. The van der Waals surface area contributed by atoms with Crippen molar-refractivity contribution in [2.24, 2.45) is 0 Å². The molecular formula is C24H27ClN6O. The number of tetrazole rings is 1. The van der Waals surface area contributed by atoms with Gasteiger partial charge in [0.15, 0.2) is 0 Å². The standard InChI is InChI=1S/C24H27ClN6O/c25-23-10-8-21(9-11-23)22(18-31-19-26-27-28-31)17-24(32)30-15-13-29(14-16-30)12-4-7-20-5-2-1-3-6-20/h1-11,19,22H,12-18H2. The summed E-state index contributed by atoms with van der Waals surface area (Å²) in [5, 5.41) is 12.1. The number of amides is 1. The molecule has 0 bridgehead atoms. The highest BCUT2D eigenvalue weighted by Gasteiger charge is 2.24. The van der Waals surface area contributed by atoms with Gasteiger partial charge in [-0.15, -0.1) is 5.10 Å². The maximum Gasteiger partial charge on any atom is 0.223 e. The number of hydrogen-bond acceptors (Lipinski definition) is 5. The van der Waals surface area contributed by atoms with Crippen LogP contribution >= 0.6 is 11.6 Å². The molecule has 0 radical (unpaired) electrons. The third-order valence-corrected chi connectivity index (χ3v) is 6.01. The van der Waals surface area contributed by atoms with Crippen LogP contribution in [0.2, 0.25) is 5.02 Å². The summed E-state index contributed by atoms with van der Waals surface area (Å²) in [7, 11) is 0. The molecule has 0 N–H and O–H groups in total. The molecule has 1 aliphatic rings. The van der Waals surface area contributed by atoms with E-state index in [1.807, 2.05) is 47.4 Å². The van der Waals surface area contributed by atoms with Gasteiger partial charge >= 0.3 is 0 Å². The lowest BCUT2D eigenvalue weighted by molar-refractivity contribution is -0.133. The number of aromatic nitrogens is 4. The van der Waals surface area contributed by atoms with Gasteiger partial charge in [-0.1, -0.05) is 66.2 Å². The normalized spacial score (nSPS) is 15.8. The Morgan fingerprint density at radius 3 is 2.47 bits per heavy atom. The first-order valence-electron chi connectivity index (χ1n) is 10.9. The van der Waals surface area contributed by atoms with E-state index < -0.39 is 0 Å². The van der Waals surface area contributed by atoms with Crippen LogP contribution in [0, 0.1) is 0 Å². The van der Waals surface area contributed by atoms with Gasteiger partial charge in [-0.3, -0.25) is 9.69 Å². The summed E-state index contributed by atoms with van der Waals surface area (Å²) in [4.78, 5) is 17.4. The van der Waals surface area contributed by atoms with Gasteiger partial charge in [0.2, 0.25) is 5.91 Å². The molecule has 32 heavy (non-hydrogen) atoms. The summed E-state index contributed by atoms with van der Waals surface area (Å²) in [6.45, 7) is 4.69. The number of nitrogens with zero attached hydrogens (tertiary/aromatic N) is 6. The number of hydrogen-bond donors (Lipinski definition) is 0. The van der Waals surface area contributed by atoms with E-state index in [9.17, 15) is 4.79 Å². The number of rotatable bonds is 8. The van der Waals surface area contributed by atoms with Gasteiger partial charge in [-0.05, 0) is 33.7 Å². The van der Waals surface area contributed by atoms with E-state index in [-0.39, 0.29) is 11.8 Å². The van der Waals surface area contributed by atoms with Crippen LogP contribution in [0.3, 0.4) is 0 Å². The largest absolute Gasteiger partial charge is 0.340 e. The Bertz CT molecular complexity index is 999. The minimum atomic E-state index is -0.0184. The van der Waals surface area contributed by atoms with Gasteiger partial charge in [-0.25, -0.2) is 4.68 Å². The minimum Gasteiger partial charge on any atom is -0.340 e. The van der Waals surface area contributed by atoms with E-state index >= 15 is 0 Å². The van der Waals surface area contributed by atoms with Crippen molar-refractivity contribution in [3.8, 4) is 0 Å². The zero-order valence-electron chi connectivity index (χ0n) is 17.9. The quantitative estimate of drug-likeness (QED) is 0.526. The predicted octanol–water partition coefficient (Wildman–Crippen LogP) is 3.36. The van der Waals surface area contributed by atoms with Crippen molar-refractivity contribution in [1.82, 2.24) is 30.0 Å². The number of halogens is 1. The molecule has 1 saturated heterocycles. The van der Waals surface area contributed by atoms with Crippen molar-refractivity contribution in [3.05, 3.63) is 83.2 Å². The predicted molar refractivity (Wildman–Crippen MR) is 125 cm³/mol. The van der Waals surface area contributed by atoms with Crippen LogP contribution in [0.4, 0.5) is 0 Å². The van der Waals surface area contributed by atoms with Crippen LogP contribution in [0.1, 0.15) is 23.5 Å². The fourth-order valence-corrected chi connectivity index (χ4v) is 4.06. The Labute approximate surface area is 193 Å². The van der Waals surface area contributed by atoms with E-state index in [2.05, 4.69) is 44.7 Å². The van der Waals surface area contributed by atoms with Crippen LogP contribution in [-0.4, -0.2) is 68.6 Å². The number of carbonyl (C=O) groups is 1. The number of piperazine rings is 1. The molecule has 1 amide bonds. The fraction of sp³-hybridized carbons (Fsp3) is 0.333. The zero-order valence-corrected chi connectivity index (χ0v) is 18.7. The molecule has 2 heterocycles. The van der Waals surface area contributed by atoms with Crippen LogP contribution in [0.15, 0.2) is 67.0 Å². The Hall–Kier alpha value is -3.03. The summed E-state index contributed by atoms with van der Waals surface area (Å²) in [6.07, 6.45) is 6.33. The molecule has 0 spiro atoms. The van der Waals surface area contributed by atoms with Crippen molar-refractivity contribution in [2.45, 2.75) is 18.9 Å². The number of benzene rings is 2. The average Bonchev–Trinajstić information content (AvgIpc) is 3.33. The SMILES string of the molecule is O=C(CC(Cn1cnnn1)c1ccc(Cl)cc1)N1CCN(CC=Cc2ccccc2)CC1. The lowest BCUT2D eigenvalue weighted by Crippen LogP contribution is -2.48. The van der Waals surface area contributed by atoms with Gasteiger partial charge in [0, 0.05) is 50.1 Å². The summed E-state index contributed by atoms with van der Waals surface area (Å²) < 4.78 is 1.67. The molecule has 8 heteroatoms. The van der Waals surface area contributed by atoms with Crippen molar-refractivity contribution in [3.63, 3.8) is 0 Å². The van der Waals surface area contributed by atoms with Crippen LogP contribution in [-0.2, 0) is 11.3 Å². The van der Waals surface area contributed by atoms with Crippen LogP contribution < -0.4 is 0 Å². The van der Waals surface area contributed by atoms with E-state index in [1.54, 1.807) is 11.0 Å². The zero-order chi connectivity index (χ0) is 22.2. The fourth-order valence-electron chi connectivity index (χ4n) is 3.93. The highest BCUT2D eigenvalue weighted by Crippen LogP contribution is 2.24. The molecule has 1 atom stereocenters. The maximum atomic E-state index is 13.1. The topological polar surface area (TPSA) is 67.2 Å².